The zero-order chi connectivity index (χ0) is 70.8. The van der Waals surface area contributed by atoms with Crippen LogP contribution in [-0.4, -0.2) is 410 Å². The monoisotopic (exact) mass is 1410 g/mol. The van der Waals surface area contributed by atoms with Crippen LogP contribution in [0, 0.1) is 0 Å². The van der Waals surface area contributed by atoms with E-state index in [1.807, 2.05) is 0 Å². The number of aliphatic hydroxyl groups excluding tert-OH is 21. The highest BCUT2D eigenvalue weighted by molar-refractivity contribution is 5.74. The molecule has 40 atom stereocenters. The number of nitrogens with one attached hydrogen (secondary N) is 3. The summed E-state index contributed by atoms with van der Waals surface area (Å²) < 4.78 is 87.4. The van der Waals surface area contributed by atoms with Crippen LogP contribution >= 0.6 is 0 Å². The fraction of sp³-hybridized carbons (Fsp3) is 0.944. The fourth-order valence-electron chi connectivity index (χ4n) is 12.4. The summed E-state index contributed by atoms with van der Waals surface area (Å²) in [7, 11) is 0. The molecule has 0 aromatic rings. The van der Waals surface area contributed by atoms with Crippen LogP contribution in [0.25, 0.3) is 0 Å². The van der Waals surface area contributed by atoms with Gasteiger partial charge in [0.2, 0.25) is 17.7 Å². The molecule has 8 saturated heterocycles. The molecule has 3 amide bonds. The summed E-state index contributed by atoms with van der Waals surface area (Å²) in [6.45, 7) is -0.466. The van der Waals surface area contributed by atoms with Gasteiger partial charge in [-0.25, -0.2) is 0 Å². The van der Waals surface area contributed by atoms with Gasteiger partial charge in [0.05, 0.1) is 51.8 Å². The average molecular weight is 1410 g/mol. The Morgan fingerprint density at radius 1 is 0.292 bits per heavy atom. The SMILES string of the molecule is CC(=O)N[C@@H]1[C@@H](O[C@@H]2O[C@H](CO)[C@H](O)[C@H](O[C@@H]3O[C@H](CO)[C@@H](O[C@@H]4O[C@H](CO)[C@H](O)[C@H](O)[C@H]4O[C@@H]4O[C@@H](C)[C@@H](O)[C@@H](O)[C@@H]4O)[C@H](O)[C@H]3NC(C)=O)[C@H]2O)[C@@H](O)[C@@H](CO[C@@H]2O[C@H](CO)[C@@H](O[C@@H]3O[C@H](CO)[C@H](O)[C@H](O)[C@H]3O[C@@H]3O[C@@H](C)[C@@H](O)[C@@H](O)[C@@H]3O)[C@H](O)[C@H]2NC(C)=O)O[C@@H]1O. The summed E-state index contributed by atoms with van der Waals surface area (Å²) >= 11 is 0. The van der Waals surface area contributed by atoms with E-state index in [9.17, 15) is 122 Å². The largest absolute Gasteiger partial charge is 0.394 e. The lowest BCUT2D eigenvalue weighted by molar-refractivity contribution is -0.390. The van der Waals surface area contributed by atoms with Crippen molar-refractivity contribution in [2.45, 2.75) is 280 Å². The average Bonchev–Trinajstić information content (AvgIpc) is 0.780. The standard InChI is InChI=1S/C54H91N3O39/c1-12-26(66)34(74)38(78)50(83-12)95-45-36(76)28(68)17(6-58)87-53(45)91-41-20(9-61)89-48(23(32(41)72)55-14(3)63)82-11-22-31(71)43(25(47(81)85-22)57-16(5)65)93-52-40(80)44(30(70)19(8-60)86-52)94-49-24(56-15(4)64)33(73)42(21(10-62)90-49)92-54-46(37(77)29(69)18(7-59)88-54)96-51-39(79)35(75)27(67)13(2)84-51/h12-13,17-54,58-62,66-81H,6-11H2,1-5H3,(H,55,63)(H,56,64)(H,57,65)/t12-,13-,17+,18+,19+,20+,21+,22+,23+,24+,25+,26+,27+,28-,29-,30-,31-,32+,33+,34+,35+,36-,37-,38-,39-,40+,41+,42+,43+,44-,45+,46+,47-,48+,49-,50-,51-,52-,53-,54-/m0/s1. The molecule has 0 unspecified atom stereocenters. The van der Waals surface area contributed by atoms with E-state index < -0.39 is 303 Å². The third kappa shape index (κ3) is 17.0. The first-order valence-electron chi connectivity index (χ1n) is 30.8. The molecule has 0 radical (unpaired) electrons. The molecule has 96 heavy (non-hydrogen) atoms. The van der Waals surface area contributed by atoms with E-state index in [0.29, 0.717) is 0 Å². The second-order valence-corrected chi connectivity index (χ2v) is 24.6. The van der Waals surface area contributed by atoms with Crippen LogP contribution in [0.5, 0.6) is 0 Å². The summed E-state index contributed by atoms with van der Waals surface area (Å²) in [5, 5.41) is 237. The van der Waals surface area contributed by atoms with Gasteiger partial charge in [-0.05, 0) is 13.8 Å². The van der Waals surface area contributed by atoms with Crippen LogP contribution in [0.3, 0.4) is 0 Å². The van der Waals surface area contributed by atoms with E-state index in [-0.39, 0.29) is 0 Å². The minimum Gasteiger partial charge on any atom is -0.394 e. The van der Waals surface area contributed by atoms with Gasteiger partial charge in [-0.1, -0.05) is 0 Å². The molecule has 0 aromatic carbocycles. The van der Waals surface area contributed by atoms with Gasteiger partial charge in [0.25, 0.3) is 0 Å². The Morgan fingerprint density at radius 3 is 1.05 bits per heavy atom. The molecular weight excluding hydrogens is 1310 g/mol. The second kappa shape index (κ2) is 33.8. The Kier molecular flexibility index (Phi) is 27.7. The summed E-state index contributed by atoms with van der Waals surface area (Å²) in [4.78, 5) is 38.2. The quantitative estimate of drug-likeness (QED) is 0.0452. The van der Waals surface area contributed by atoms with Crippen LogP contribution < -0.4 is 16.0 Å². The third-order valence-electron chi connectivity index (χ3n) is 17.8. The summed E-state index contributed by atoms with van der Waals surface area (Å²) in [5.41, 5.74) is 0. The van der Waals surface area contributed by atoms with Crippen LogP contribution in [0.2, 0.25) is 0 Å². The van der Waals surface area contributed by atoms with E-state index in [4.69, 9.17) is 71.1 Å². The van der Waals surface area contributed by atoms with Crippen molar-refractivity contribution < 1.29 is 193 Å². The predicted molar refractivity (Wildman–Crippen MR) is 296 cm³/mol. The highest BCUT2D eigenvalue weighted by Gasteiger charge is 2.60. The Balaban J connectivity index is 0.989. The van der Waals surface area contributed by atoms with Gasteiger partial charge in [0, 0.05) is 20.8 Å². The van der Waals surface area contributed by atoms with Crippen molar-refractivity contribution in [2.75, 3.05) is 39.6 Å². The van der Waals surface area contributed by atoms with Gasteiger partial charge >= 0.3 is 0 Å². The zero-order valence-electron chi connectivity index (χ0n) is 52.1. The summed E-state index contributed by atoms with van der Waals surface area (Å²) in [5.74, 6) is -2.61. The number of rotatable bonds is 23. The molecule has 8 heterocycles. The van der Waals surface area contributed by atoms with Crippen LogP contribution in [0.1, 0.15) is 34.6 Å². The maximum Gasteiger partial charge on any atom is 0.217 e. The number of carbonyl (C=O) groups is 3. The molecule has 0 aliphatic carbocycles. The van der Waals surface area contributed by atoms with E-state index in [1.165, 1.54) is 13.8 Å². The van der Waals surface area contributed by atoms with Gasteiger partial charge in [0.1, 0.15) is 183 Å². The number of hydrogen-bond donors (Lipinski definition) is 24. The topological polar surface area (TPSA) is 651 Å². The van der Waals surface area contributed by atoms with E-state index in [0.717, 1.165) is 20.8 Å². The van der Waals surface area contributed by atoms with Gasteiger partial charge in [-0.3, -0.25) is 14.4 Å². The maximum atomic E-state index is 12.8. The molecule has 0 aromatic heterocycles. The number of carbonyl (C=O) groups excluding carboxylic acids is 3. The molecule has 8 aliphatic heterocycles. The molecular formula is C54H91N3O39. The normalized spacial score (nSPS) is 50.3. The minimum absolute atomic E-state index is 0.843. The summed E-state index contributed by atoms with van der Waals surface area (Å²) in [6, 6.07) is -5.40. The van der Waals surface area contributed by atoms with Crippen LogP contribution in [0.4, 0.5) is 0 Å². The molecule has 24 N–H and O–H groups in total. The van der Waals surface area contributed by atoms with Crippen LogP contribution in [-0.2, 0) is 85.4 Å². The number of hydrogen-bond acceptors (Lipinski definition) is 39. The lowest BCUT2D eigenvalue weighted by atomic mass is 9.94. The Bertz CT molecular complexity index is 2480. The molecule has 8 fully saturated rings. The van der Waals surface area contributed by atoms with Gasteiger partial charge in [-0.15, -0.1) is 0 Å². The van der Waals surface area contributed by atoms with Crippen LogP contribution in [0.15, 0.2) is 0 Å². The highest BCUT2D eigenvalue weighted by Crippen LogP contribution is 2.39. The first-order valence-corrected chi connectivity index (χ1v) is 30.8. The summed E-state index contributed by atoms with van der Waals surface area (Å²) in [6.07, 6.45) is -70.0. The van der Waals surface area contributed by atoms with Crippen molar-refractivity contribution >= 4 is 17.7 Å². The Morgan fingerprint density at radius 2 is 0.625 bits per heavy atom. The second-order valence-electron chi connectivity index (χ2n) is 24.6. The van der Waals surface area contributed by atoms with Crippen molar-refractivity contribution in [1.29, 1.82) is 0 Å². The van der Waals surface area contributed by atoms with E-state index in [1.54, 1.807) is 0 Å². The van der Waals surface area contributed by atoms with E-state index >= 15 is 0 Å². The maximum absolute atomic E-state index is 12.8. The molecule has 42 heteroatoms. The van der Waals surface area contributed by atoms with E-state index in [2.05, 4.69) is 16.0 Å². The molecule has 556 valence electrons. The Hall–Kier alpha value is -3.03. The Labute approximate surface area is 545 Å². The highest BCUT2D eigenvalue weighted by atomic mass is 16.8. The first-order chi connectivity index (χ1) is 45.3. The molecule has 8 rings (SSSR count). The third-order valence-corrected chi connectivity index (χ3v) is 17.8. The lowest BCUT2D eigenvalue weighted by Crippen LogP contribution is -2.70. The van der Waals surface area contributed by atoms with Crippen molar-refractivity contribution in [3.8, 4) is 0 Å². The molecule has 42 nitrogen and oxygen atoms in total. The van der Waals surface area contributed by atoms with Gasteiger partial charge < -0.3 is 194 Å². The van der Waals surface area contributed by atoms with Gasteiger partial charge in [-0.2, -0.15) is 0 Å². The minimum atomic E-state index is -2.32. The zero-order valence-corrected chi connectivity index (χ0v) is 52.1. The van der Waals surface area contributed by atoms with Crippen molar-refractivity contribution in [3.63, 3.8) is 0 Å². The number of amides is 3. The molecule has 8 aliphatic rings. The predicted octanol–water partition coefficient (Wildman–Crippen LogP) is -16.0. The first kappa shape index (κ1) is 78.7. The van der Waals surface area contributed by atoms with Crippen molar-refractivity contribution in [1.82, 2.24) is 16.0 Å². The van der Waals surface area contributed by atoms with Gasteiger partial charge in [0.15, 0.2) is 50.3 Å². The number of ether oxygens (including phenoxy) is 15. The smallest absolute Gasteiger partial charge is 0.217 e. The van der Waals surface area contributed by atoms with Crippen molar-refractivity contribution in [3.05, 3.63) is 0 Å². The fourth-order valence-corrected chi connectivity index (χ4v) is 12.4. The molecule has 0 saturated carbocycles. The van der Waals surface area contributed by atoms with Crippen molar-refractivity contribution in [2.24, 2.45) is 0 Å². The lowest BCUT2D eigenvalue weighted by Gasteiger charge is -2.50. The number of aliphatic hydroxyl groups is 21. The molecule has 0 spiro atoms. The molecule has 0 bridgehead atoms.